The smallest absolute Gasteiger partial charge is 0.406 e. The Labute approximate surface area is 271 Å². The van der Waals surface area contributed by atoms with E-state index in [1.54, 1.807) is 11.8 Å². The van der Waals surface area contributed by atoms with Gasteiger partial charge in [0, 0.05) is 36.0 Å². The average molecular weight is 651 g/mol. The van der Waals surface area contributed by atoms with Crippen LogP contribution in [0.3, 0.4) is 0 Å². The van der Waals surface area contributed by atoms with Gasteiger partial charge >= 0.3 is 12.4 Å². The Balaban J connectivity index is 1.22. The number of urea groups is 1. The SMILES string of the molecule is CCCc1ccc(C)cc1N1CCCSC1=NC(=O)NCC(CC)c1ccc(-c2ncn(-c3ccc(OC(F)(F)F)cc3)n2)cc1. The Kier molecular flexibility index (Phi) is 10.7. The summed E-state index contributed by atoms with van der Waals surface area (Å²) in [5.41, 5.74) is 6.00. The second kappa shape index (κ2) is 14.8. The molecule has 12 heteroatoms. The fraction of sp³-hybridized carbons (Fsp3) is 0.353. The minimum atomic E-state index is -4.75. The number of alkyl halides is 3. The van der Waals surface area contributed by atoms with E-state index in [1.807, 2.05) is 24.3 Å². The normalized spacial score (nSPS) is 15.2. The molecule has 2 heterocycles. The highest BCUT2D eigenvalue weighted by atomic mass is 32.2. The third-order valence-electron chi connectivity index (χ3n) is 7.70. The van der Waals surface area contributed by atoms with Crippen LogP contribution in [-0.4, -0.2) is 51.2 Å². The number of nitrogens with one attached hydrogen (secondary N) is 1. The van der Waals surface area contributed by atoms with E-state index in [0.29, 0.717) is 18.1 Å². The average Bonchev–Trinajstić information content (AvgIpc) is 3.53. The molecule has 1 unspecified atom stereocenters. The van der Waals surface area contributed by atoms with E-state index in [-0.39, 0.29) is 17.7 Å². The lowest BCUT2D eigenvalue weighted by Gasteiger charge is -2.31. The molecule has 1 aliphatic heterocycles. The molecule has 0 radical (unpaired) electrons. The number of thioether (sulfide) groups is 1. The largest absolute Gasteiger partial charge is 0.573 e. The van der Waals surface area contributed by atoms with E-state index in [4.69, 9.17) is 0 Å². The highest BCUT2D eigenvalue weighted by Crippen LogP contribution is 2.30. The van der Waals surface area contributed by atoms with Crippen LogP contribution < -0.4 is 15.0 Å². The van der Waals surface area contributed by atoms with Gasteiger partial charge < -0.3 is 15.0 Å². The van der Waals surface area contributed by atoms with Crippen molar-refractivity contribution in [1.29, 1.82) is 0 Å². The number of halogens is 3. The van der Waals surface area contributed by atoms with Gasteiger partial charge in [-0.2, -0.15) is 4.99 Å². The molecule has 1 fully saturated rings. The van der Waals surface area contributed by atoms with E-state index in [2.05, 4.69) is 69.0 Å². The number of aryl methyl sites for hydroxylation is 2. The van der Waals surface area contributed by atoms with E-state index >= 15 is 0 Å². The zero-order valence-corrected chi connectivity index (χ0v) is 26.9. The molecule has 8 nitrogen and oxygen atoms in total. The lowest BCUT2D eigenvalue weighted by Crippen LogP contribution is -2.37. The molecule has 0 saturated carbocycles. The predicted molar refractivity (Wildman–Crippen MR) is 177 cm³/mol. The maximum atomic E-state index is 13.0. The van der Waals surface area contributed by atoms with Crippen molar-refractivity contribution in [2.24, 2.45) is 4.99 Å². The van der Waals surface area contributed by atoms with Crippen molar-refractivity contribution >= 4 is 28.6 Å². The second-order valence-electron chi connectivity index (χ2n) is 11.1. The summed E-state index contributed by atoms with van der Waals surface area (Å²) in [7, 11) is 0. The van der Waals surface area contributed by atoms with Crippen molar-refractivity contribution < 1.29 is 22.7 Å². The number of hydrogen-bond donors (Lipinski definition) is 1. The molecule has 2 amide bonds. The van der Waals surface area contributed by atoms with Crippen LogP contribution in [0.5, 0.6) is 5.75 Å². The van der Waals surface area contributed by atoms with Crippen LogP contribution >= 0.6 is 11.8 Å². The maximum absolute atomic E-state index is 13.0. The first-order valence-electron chi connectivity index (χ1n) is 15.4. The number of ether oxygens (including phenoxy) is 1. The van der Waals surface area contributed by atoms with Gasteiger partial charge in [-0.25, -0.2) is 14.5 Å². The molecule has 5 rings (SSSR count). The van der Waals surface area contributed by atoms with Gasteiger partial charge in [-0.3, -0.25) is 0 Å². The number of benzene rings is 3. The first kappa shape index (κ1) is 33.1. The Morgan fingerprint density at radius 3 is 2.54 bits per heavy atom. The number of amidine groups is 1. The van der Waals surface area contributed by atoms with Crippen LogP contribution in [-0.2, 0) is 6.42 Å². The zero-order valence-electron chi connectivity index (χ0n) is 26.1. The number of carbonyl (C=O) groups is 1. The highest BCUT2D eigenvalue weighted by Gasteiger charge is 2.31. The van der Waals surface area contributed by atoms with Crippen molar-refractivity contribution in [2.45, 2.75) is 58.7 Å². The standard InChI is InChI=1S/C34H37F3N6O2S/c1-4-7-26-9-8-23(3)20-30(26)42-18-6-19-46-33(42)40-32(44)38-21-24(5-2)25-10-12-27(13-11-25)31-39-22-43(41-31)28-14-16-29(17-15-28)45-34(35,36)37/h8-17,20,22,24H,4-7,18-19,21H2,1-3H3,(H,38,44). The molecule has 1 aromatic heterocycles. The number of rotatable bonds is 10. The van der Waals surface area contributed by atoms with Crippen LogP contribution in [0.2, 0.25) is 0 Å². The molecular formula is C34H37F3N6O2S. The summed E-state index contributed by atoms with van der Waals surface area (Å²) < 4.78 is 42.8. The van der Waals surface area contributed by atoms with Crippen molar-refractivity contribution in [3.05, 3.63) is 89.7 Å². The predicted octanol–water partition coefficient (Wildman–Crippen LogP) is 8.30. The zero-order chi connectivity index (χ0) is 32.7. The quantitative estimate of drug-likeness (QED) is 0.186. The van der Waals surface area contributed by atoms with E-state index in [1.165, 1.54) is 46.4 Å². The number of aliphatic imine (C=N–C) groups is 1. The molecule has 1 atom stereocenters. The van der Waals surface area contributed by atoms with Crippen molar-refractivity contribution in [2.75, 3.05) is 23.7 Å². The minimum absolute atomic E-state index is 0.0872. The Morgan fingerprint density at radius 1 is 1.09 bits per heavy atom. The molecule has 1 aliphatic rings. The first-order valence-corrected chi connectivity index (χ1v) is 16.4. The monoisotopic (exact) mass is 650 g/mol. The molecule has 46 heavy (non-hydrogen) atoms. The Bertz CT molecular complexity index is 1650. The van der Waals surface area contributed by atoms with Crippen LogP contribution in [0.25, 0.3) is 17.1 Å². The molecule has 242 valence electrons. The van der Waals surface area contributed by atoms with Crippen LogP contribution in [0.1, 0.15) is 55.7 Å². The number of carbonyl (C=O) groups excluding carboxylic acids is 1. The third kappa shape index (κ3) is 8.48. The first-order chi connectivity index (χ1) is 22.1. The number of anilines is 1. The molecule has 0 aliphatic carbocycles. The van der Waals surface area contributed by atoms with Crippen LogP contribution in [0.4, 0.5) is 23.7 Å². The summed E-state index contributed by atoms with van der Waals surface area (Å²) in [5.74, 6) is 1.19. The summed E-state index contributed by atoms with van der Waals surface area (Å²) >= 11 is 1.62. The topological polar surface area (TPSA) is 84.6 Å². The lowest BCUT2D eigenvalue weighted by atomic mass is 9.95. The van der Waals surface area contributed by atoms with Gasteiger partial charge in [0.05, 0.1) is 5.69 Å². The van der Waals surface area contributed by atoms with Gasteiger partial charge in [0.15, 0.2) is 11.0 Å². The van der Waals surface area contributed by atoms with Gasteiger partial charge in [-0.05, 0) is 73.2 Å². The molecule has 3 aromatic carbocycles. The van der Waals surface area contributed by atoms with Gasteiger partial charge in [0.1, 0.15) is 12.1 Å². The Hall–Kier alpha value is -4.32. The fourth-order valence-electron chi connectivity index (χ4n) is 5.34. The van der Waals surface area contributed by atoms with E-state index in [9.17, 15) is 18.0 Å². The van der Waals surface area contributed by atoms with Crippen molar-refractivity contribution in [3.8, 4) is 22.8 Å². The summed E-state index contributed by atoms with van der Waals surface area (Å²) in [6, 6.07) is 19.4. The van der Waals surface area contributed by atoms with Gasteiger partial charge in [-0.1, -0.05) is 68.4 Å². The van der Waals surface area contributed by atoms with Crippen LogP contribution in [0, 0.1) is 6.92 Å². The van der Waals surface area contributed by atoms with Gasteiger partial charge in [0.2, 0.25) is 0 Å². The number of hydrogen-bond acceptors (Lipinski definition) is 5. The fourth-order valence-corrected chi connectivity index (χ4v) is 6.29. The van der Waals surface area contributed by atoms with Crippen LogP contribution in [0.15, 0.2) is 78.0 Å². The van der Waals surface area contributed by atoms with E-state index in [0.717, 1.165) is 60.0 Å². The van der Waals surface area contributed by atoms with Crippen molar-refractivity contribution in [3.63, 3.8) is 0 Å². The second-order valence-corrected chi connectivity index (χ2v) is 12.2. The molecule has 0 spiro atoms. The molecule has 0 bridgehead atoms. The maximum Gasteiger partial charge on any atom is 0.573 e. The van der Waals surface area contributed by atoms with Gasteiger partial charge in [-0.15, -0.1) is 18.3 Å². The number of amides is 2. The van der Waals surface area contributed by atoms with Crippen molar-refractivity contribution in [1.82, 2.24) is 20.1 Å². The third-order valence-corrected chi connectivity index (χ3v) is 8.76. The summed E-state index contributed by atoms with van der Waals surface area (Å²) in [5, 5.41) is 8.24. The van der Waals surface area contributed by atoms with E-state index < -0.39 is 6.36 Å². The minimum Gasteiger partial charge on any atom is -0.406 e. The van der Waals surface area contributed by atoms with Gasteiger partial charge in [0.25, 0.3) is 0 Å². The summed E-state index contributed by atoms with van der Waals surface area (Å²) in [6.45, 7) is 7.62. The number of nitrogens with zero attached hydrogens (tertiary/aromatic N) is 5. The molecule has 4 aromatic rings. The number of aromatic nitrogens is 3. The summed E-state index contributed by atoms with van der Waals surface area (Å²) in [6.07, 6.45) is 0.628. The Morgan fingerprint density at radius 2 is 1.85 bits per heavy atom. The summed E-state index contributed by atoms with van der Waals surface area (Å²) in [4.78, 5) is 24.1. The highest BCUT2D eigenvalue weighted by molar-refractivity contribution is 8.14. The lowest BCUT2D eigenvalue weighted by molar-refractivity contribution is -0.274. The molecular weight excluding hydrogens is 613 g/mol. The molecule has 1 saturated heterocycles. The molecule has 1 N–H and O–H groups in total.